The normalized spacial score (nSPS) is 11.2. The minimum absolute atomic E-state index is 0.0979. The van der Waals surface area contributed by atoms with Crippen LogP contribution in [0.4, 0.5) is 10.1 Å². The van der Waals surface area contributed by atoms with E-state index in [2.05, 4.69) is 0 Å². The Balaban J connectivity index is 2.04. The van der Waals surface area contributed by atoms with Gasteiger partial charge in [0.2, 0.25) is 0 Å². The zero-order chi connectivity index (χ0) is 19.6. The zero-order valence-corrected chi connectivity index (χ0v) is 15.4. The van der Waals surface area contributed by atoms with Crippen LogP contribution in [0, 0.1) is 15.9 Å². The summed E-state index contributed by atoms with van der Waals surface area (Å²) in [5, 5.41) is 12.8. The molecule has 3 aromatic rings. The molecule has 0 saturated carbocycles. The second kappa shape index (κ2) is 7.33. The number of ether oxygens (including phenoxy) is 1. The van der Waals surface area contributed by atoms with Gasteiger partial charge in [-0.05, 0) is 35.7 Å². The van der Waals surface area contributed by atoms with Gasteiger partial charge < -0.3 is 8.92 Å². The van der Waals surface area contributed by atoms with Crippen LogP contribution in [-0.2, 0) is 10.1 Å². The molecule has 7 nitrogen and oxygen atoms in total. The van der Waals surface area contributed by atoms with E-state index in [4.69, 9.17) is 8.92 Å². The maximum atomic E-state index is 13.8. The molecule has 0 radical (unpaired) electrons. The SMILES string of the molecule is COc1ccc(S(=O)(=O)Oc2ccc([N+](=O)[O-])cc2-c2cccs2)cc1F. The van der Waals surface area contributed by atoms with Gasteiger partial charge in [-0.15, -0.1) is 11.3 Å². The lowest BCUT2D eigenvalue weighted by molar-refractivity contribution is -0.384. The zero-order valence-electron chi connectivity index (χ0n) is 13.8. The van der Waals surface area contributed by atoms with Gasteiger partial charge in [-0.2, -0.15) is 8.42 Å². The largest absolute Gasteiger partial charge is 0.494 e. The Kier molecular flexibility index (Phi) is 5.10. The fourth-order valence-electron chi connectivity index (χ4n) is 2.30. The quantitative estimate of drug-likeness (QED) is 0.343. The molecule has 1 heterocycles. The maximum Gasteiger partial charge on any atom is 0.339 e. The van der Waals surface area contributed by atoms with Gasteiger partial charge in [0.05, 0.1) is 12.0 Å². The van der Waals surface area contributed by atoms with E-state index in [1.54, 1.807) is 17.5 Å². The van der Waals surface area contributed by atoms with Gasteiger partial charge in [0.1, 0.15) is 4.90 Å². The van der Waals surface area contributed by atoms with E-state index in [0.29, 0.717) is 4.88 Å². The Morgan fingerprint density at radius 1 is 1.11 bits per heavy atom. The predicted octanol–water partition coefficient (Wildman–Crippen LogP) is 4.24. The molecule has 1 aromatic heterocycles. The molecular weight excluding hydrogens is 397 g/mol. The van der Waals surface area contributed by atoms with Gasteiger partial charge >= 0.3 is 10.1 Å². The lowest BCUT2D eigenvalue weighted by Crippen LogP contribution is -2.11. The number of nitrogens with zero attached hydrogens (tertiary/aromatic N) is 1. The Bertz CT molecular complexity index is 1100. The summed E-state index contributed by atoms with van der Waals surface area (Å²) in [6, 6.07) is 10.1. The second-order valence-electron chi connectivity index (χ2n) is 5.25. The van der Waals surface area contributed by atoms with Gasteiger partial charge in [0.15, 0.2) is 17.3 Å². The van der Waals surface area contributed by atoms with Gasteiger partial charge in [-0.3, -0.25) is 10.1 Å². The average molecular weight is 409 g/mol. The fourth-order valence-corrected chi connectivity index (χ4v) is 4.01. The average Bonchev–Trinajstić information content (AvgIpc) is 3.16. The van der Waals surface area contributed by atoms with Crippen molar-refractivity contribution in [3.05, 3.63) is 69.8 Å². The topological polar surface area (TPSA) is 95.7 Å². The standard InChI is InChI=1S/C17H12FNO6S2/c1-24-16-7-5-12(10-14(16)18)27(22,23)25-15-6-4-11(19(20)21)9-13(15)17-3-2-8-26-17/h2-10H,1H3. The summed E-state index contributed by atoms with van der Waals surface area (Å²) in [7, 11) is -3.11. The van der Waals surface area contributed by atoms with Crippen molar-refractivity contribution in [1.82, 2.24) is 0 Å². The molecule has 0 aliphatic carbocycles. The first kappa shape index (κ1) is 18.8. The minimum atomic E-state index is -4.37. The first-order valence-electron chi connectivity index (χ1n) is 7.42. The third-order valence-electron chi connectivity index (χ3n) is 3.57. The number of hydrogen-bond acceptors (Lipinski definition) is 7. The third kappa shape index (κ3) is 3.91. The number of nitro groups is 1. The number of non-ortho nitro benzene ring substituents is 1. The van der Waals surface area contributed by atoms with Crippen molar-refractivity contribution in [1.29, 1.82) is 0 Å². The summed E-state index contributed by atoms with van der Waals surface area (Å²) < 4.78 is 48.8. The highest BCUT2D eigenvalue weighted by atomic mass is 32.2. The lowest BCUT2D eigenvalue weighted by atomic mass is 10.1. The maximum absolute atomic E-state index is 13.8. The van der Waals surface area contributed by atoms with Crippen molar-refractivity contribution in [3.63, 3.8) is 0 Å². The molecule has 0 N–H and O–H groups in total. The van der Waals surface area contributed by atoms with Crippen LogP contribution in [0.2, 0.25) is 0 Å². The summed E-state index contributed by atoms with van der Waals surface area (Å²) >= 11 is 1.27. The van der Waals surface area contributed by atoms with Crippen LogP contribution in [0.1, 0.15) is 0 Å². The van der Waals surface area contributed by atoms with Gasteiger partial charge in [0, 0.05) is 22.6 Å². The molecule has 0 atom stereocenters. The van der Waals surface area contributed by atoms with E-state index in [1.165, 1.54) is 36.6 Å². The van der Waals surface area contributed by atoms with Crippen LogP contribution in [0.3, 0.4) is 0 Å². The van der Waals surface area contributed by atoms with Crippen LogP contribution in [-0.4, -0.2) is 20.5 Å². The van der Waals surface area contributed by atoms with Crippen molar-refractivity contribution >= 4 is 27.1 Å². The highest BCUT2D eigenvalue weighted by Crippen LogP contribution is 2.37. The molecule has 0 saturated heterocycles. The highest BCUT2D eigenvalue weighted by molar-refractivity contribution is 7.87. The van der Waals surface area contributed by atoms with E-state index in [0.717, 1.165) is 18.2 Å². The number of benzene rings is 2. The molecule has 0 bridgehead atoms. The smallest absolute Gasteiger partial charge is 0.339 e. The van der Waals surface area contributed by atoms with Crippen LogP contribution in [0.15, 0.2) is 58.8 Å². The second-order valence-corrected chi connectivity index (χ2v) is 7.74. The van der Waals surface area contributed by atoms with Crippen LogP contribution in [0.25, 0.3) is 10.4 Å². The summed E-state index contributed by atoms with van der Waals surface area (Å²) in [5.41, 5.74) is 0.0374. The predicted molar refractivity (Wildman–Crippen MR) is 97.2 cm³/mol. The van der Waals surface area contributed by atoms with Crippen LogP contribution >= 0.6 is 11.3 Å². The first-order chi connectivity index (χ1) is 12.8. The Morgan fingerprint density at radius 2 is 1.85 bits per heavy atom. The number of nitro benzene ring substituents is 1. The van der Waals surface area contributed by atoms with Crippen molar-refractivity contribution in [2.75, 3.05) is 7.11 Å². The number of methoxy groups -OCH3 is 1. The molecule has 0 aliphatic heterocycles. The molecule has 0 unspecified atom stereocenters. The van der Waals surface area contributed by atoms with Crippen molar-refractivity contribution in [3.8, 4) is 21.9 Å². The molecule has 0 aliphatic rings. The molecule has 0 amide bonds. The molecule has 3 rings (SSSR count). The highest BCUT2D eigenvalue weighted by Gasteiger charge is 2.23. The minimum Gasteiger partial charge on any atom is -0.494 e. The van der Waals surface area contributed by atoms with Crippen molar-refractivity contribution in [2.24, 2.45) is 0 Å². The summed E-state index contributed by atoms with van der Waals surface area (Å²) in [4.78, 5) is 10.6. The van der Waals surface area contributed by atoms with Crippen molar-refractivity contribution in [2.45, 2.75) is 4.90 Å². The molecule has 0 fully saturated rings. The molecular formula is C17H12FNO6S2. The van der Waals surface area contributed by atoms with E-state index in [1.807, 2.05) is 0 Å². The van der Waals surface area contributed by atoms with Gasteiger partial charge in [-0.1, -0.05) is 6.07 Å². The lowest BCUT2D eigenvalue weighted by Gasteiger charge is -2.11. The van der Waals surface area contributed by atoms with Crippen LogP contribution in [0.5, 0.6) is 11.5 Å². The van der Waals surface area contributed by atoms with Crippen LogP contribution < -0.4 is 8.92 Å². The van der Waals surface area contributed by atoms with E-state index >= 15 is 0 Å². The molecule has 140 valence electrons. The first-order valence-corrected chi connectivity index (χ1v) is 9.71. The Morgan fingerprint density at radius 3 is 2.44 bits per heavy atom. The fraction of sp³-hybridized carbons (Fsp3) is 0.0588. The number of thiophene rings is 1. The molecule has 10 heteroatoms. The number of hydrogen-bond donors (Lipinski definition) is 0. The Labute approximate surface area is 157 Å². The monoisotopic (exact) mass is 409 g/mol. The van der Waals surface area contributed by atoms with E-state index < -0.39 is 25.8 Å². The Hall–Kier alpha value is -2.98. The van der Waals surface area contributed by atoms with Gasteiger partial charge in [-0.25, -0.2) is 4.39 Å². The molecule has 2 aromatic carbocycles. The summed E-state index contributed by atoms with van der Waals surface area (Å²) in [6.07, 6.45) is 0. The number of halogens is 1. The molecule has 0 spiro atoms. The van der Waals surface area contributed by atoms with Crippen molar-refractivity contribution < 1.29 is 26.7 Å². The summed E-state index contributed by atoms with van der Waals surface area (Å²) in [5.74, 6) is -1.06. The van der Waals surface area contributed by atoms with E-state index in [9.17, 15) is 22.9 Å². The van der Waals surface area contributed by atoms with Gasteiger partial charge in [0.25, 0.3) is 5.69 Å². The number of rotatable bonds is 6. The summed E-state index contributed by atoms with van der Waals surface area (Å²) in [6.45, 7) is 0. The molecule has 27 heavy (non-hydrogen) atoms. The third-order valence-corrected chi connectivity index (χ3v) is 5.71. The van der Waals surface area contributed by atoms with E-state index in [-0.39, 0.29) is 22.7 Å².